The highest BCUT2D eigenvalue weighted by molar-refractivity contribution is 7.81. The lowest BCUT2D eigenvalue weighted by atomic mass is 10.1. The topological polar surface area (TPSA) is 20.3 Å². The minimum absolute atomic E-state index is 0.136. The van der Waals surface area contributed by atoms with E-state index in [9.17, 15) is 4.79 Å². The molecule has 0 N–H and O–H groups in total. The largest absolute Gasteiger partial charge is 0.338 e. The van der Waals surface area contributed by atoms with Crippen LogP contribution in [0.1, 0.15) is 13.3 Å². The first-order valence-corrected chi connectivity index (χ1v) is 4.41. The lowest BCUT2D eigenvalue weighted by Gasteiger charge is -2.24. The average Bonchev–Trinajstić information content (AvgIpc) is 2.05. The summed E-state index contributed by atoms with van der Waals surface area (Å²) in [6, 6.07) is 0. The molecule has 0 saturated heterocycles. The van der Waals surface area contributed by atoms with Gasteiger partial charge in [-0.25, -0.2) is 0 Å². The van der Waals surface area contributed by atoms with Crippen LogP contribution in [0.4, 0.5) is 0 Å². The van der Waals surface area contributed by atoms with Crippen molar-refractivity contribution in [3.63, 3.8) is 0 Å². The molecule has 1 aliphatic rings. The molecule has 3 heteroatoms. The van der Waals surface area contributed by atoms with E-state index < -0.39 is 0 Å². The molecule has 62 valence electrons. The van der Waals surface area contributed by atoms with Gasteiger partial charge < -0.3 is 4.90 Å². The van der Waals surface area contributed by atoms with E-state index >= 15 is 0 Å². The van der Waals surface area contributed by atoms with Crippen LogP contribution in [0.5, 0.6) is 0 Å². The Morgan fingerprint density at radius 1 is 1.82 bits per heavy atom. The van der Waals surface area contributed by atoms with Crippen LogP contribution in [-0.4, -0.2) is 29.6 Å². The Bertz CT molecular complexity index is 189. The van der Waals surface area contributed by atoms with Crippen molar-refractivity contribution in [2.24, 2.45) is 0 Å². The summed E-state index contributed by atoms with van der Waals surface area (Å²) in [7, 11) is 0. The summed E-state index contributed by atoms with van der Waals surface area (Å²) in [5.74, 6) is 0.462. The second kappa shape index (κ2) is 3.81. The molecule has 0 aromatic rings. The van der Waals surface area contributed by atoms with Gasteiger partial charge >= 0.3 is 0 Å². The smallest absolute Gasteiger partial charge is 0.232 e. The molecule has 0 bridgehead atoms. The van der Waals surface area contributed by atoms with Gasteiger partial charge in [-0.3, -0.25) is 4.79 Å². The summed E-state index contributed by atoms with van der Waals surface area (Å²) >= 11 is 3.94. The van der Waals surface area contributed by atoms with Gasteiger partial charge in [-0.1, -0.05) is 11.6 Å². The molecule has 0 aromatic carbocycles. The third kappa shape index (κ3) is 2.26. The van der Waals surface area contributed by atoms with E-state index in [-0.39, 0.29) is 5.91 Å². The number of carbonyl (C=O) groups is 1. The molecular formula is C8H13NOS. The second-order valence-electron chi connectivity index (χ2n) is 2.80. The van der Waals surface area contributed by atoms with Gasteiger partial charge in [0.05, 0.1) is 5.75 Å². The molecule has 1 aliphatic heterocycles. The normalized spacial score (nSPS) is 18.0. The van der Waals surface area contributed by atoms with E-state index in [1.54, 1.807) is 0 Å². The average molecular weight is 171 g/mol. The second-order valence-corrected chi connectivity index (χ2v) is 3.11. The van der Waals surface area contributed by atoms with Gasteiger partial charge in [-0.15, -0.1) is 0 Å². The standard InChI is InChI=1S/C8H13NOS/c1-7-2-4-9(5-3-7)8(10)6-11/h2,11H,3-6H2,1H3. The number of hydrogen-bond donors (Lipinski definition) is 1. The molecular weight excluding hydrogens is 158 g/mol. The van der Waals surface area contributed by atoms with Gasteiger partial charge in [0.1, 0.15) is 0 Å². The first-order valence-electron chi connectivity index (χ1n) is 3.78. The molecule has 0 saturated carbocycles. The van der Waals surface area contributed by atoms with Gasteiger partial charge in [0.15, 0.2) is 0 Å². The molecule has 0 radical (unpaired) electrons. The minimum Gasteiger partial charge on any atom is -0.338 e. The summed E-state index contributed by atoms with van der Waals surface area (Å²) in [6.45, 7) is 3.73. The van der Waals surface area contributed by atoms with Crippen molar-refractivity contribution in [3.05, 3.63) is 11.6 Å². The fourth-order valence-electron chi connectivity index (χ4n) is 1.10. The zero-order chi connectivity index (χ0) is 8.27. The predicted octanol–water partition coefficient (Wildman–Crippen LogP) is 1.09. The third-order valence-corrected chi connectivity index (χ3v) is 2.19. The fraction of sp³-hybridized carbons (Fsp3) is 0.625. The zero-order valence-electron chi connectivity index (χ0n) is 6.71. The SMILES string of the molecule is CC1=CCN(C(=O)CS)CC1. The first kappa shape index (κ1) is 8.65. The van der Waals surface area contributed by atoms with Crippen LogP contribution in [0.3, 0.4) is 0 Å². The number of carbonyl (C=O) groups excluding carboxylic acids is 1. The van der Waals surface area contributed by atoms with Gasteiger partial charge in [-0.05, 0) is 13.3 Å². The van der Waals surface area contributed by atoms with Crippen LogP contribution in [-0.2, 0) is 4.79 Å². The van der Waals surface area contributed by atoms with Crippen LogP contribution in [0, 0.1) is 0 Å². The van der Waals surface area contributed by atoms with Gasteiger partial charge in [0, 0.05) is 13.1 Å². The maximum Gasteiger partial charge on any atom is 0.232 e. The fourth-order valence-corrected chi connectivity index (χ4v) is 1.30. The van der Waals surface area contributed by atoms with E-state index in [0.717, 1.165) is 19.5 Å². The first-order chi connectivity index (χ1) is 5.24. The number of amides is 1. The van der Waals surface area contributed by atoms with Crippen LogP contribution in [0.15, 0.2) is 11.6 Å². The Morgan fingerprint density at radius 2 is 2.55 bits per heavy atom. The lowest BCUT2D eigenvalue weighted by Crippen LogP contribution is -2.35. The summed E-state index contributed by atoms with van der Waals surface area (Å²) < 4.78 is 0. The van der Waals surface area contributed by atoms with Crippen molar-refractivity contribution in [2.75, 3.05) is 18.8 Å². The maximum absolute atomic E-state index is 11.1. The van der Waals surface area contributed by atoms with E-state index in [1.165, 1.54) is 5.57 Å². The van der Waals surface area contributed by atoms with E-state index in [4.69, 9.17) is 0 Å². The summed E-state index contributed by atoms with van der Waals surface area (Å²) in [5.41, 5.74) is 1.38. The Kier molecular flexibility index (Phi) is 3.00. The highest BCUT2D eigenvalue weighted by atomic mass is 32.1. The molecule has 0 unspecified atom stereocenters. The van der Waals surface area contributed by atoms with Crippen LogP contribution in [0.25, 0.3) is 0 Å². The number of rotatable bonds is 1. The molecule has 1 rings (SSSR count). The molecule has 0 aliphatic carbocycles. The Morgan fingerprint density at radius 3 is 3.00 bits per heavy atom. The Labute approximate surface area is 72.7 Å². The quantitative estimate of drug-likeness (QED) is 0.462. The van der Waals surface area contributed by atoms with E-state index in [1.807, 2.05) is 4.90 Å². The predicted molar refractivity (Wildman–Crippen MR) is 48.8 cm³/mol. The molecule has 1 heterocycles. The molecule has 2 nitrogen and oxygen atoms in total. The number of thiol groups is 1. The van der Waals surface area contributed by atoms with Gasteiger partial charge in [0.2, 0.25) is 5.91 Å². The molecule has 1 amide bonds. The molecule has 0 aromatic heterocycles. The number of nitrogens with zero attached hydrogens (tertiary/aromatic N) is 1. The monoisotopic (exact) mass is 171 g/mol. The van der Waals surface area contributed by atoms with Gasteiger partial charge in [0.25, 0.3) is 0 Å². The number of hydrogen-bond acceptors (Lipinski definition) is 2. The van der Waals surface area contributed by atoms with Crippen molar-refractivity contribution >= 4 is 18.5 Å². The molecule has 0 atom stereocenters. The van der Waals surface area contributed by atoms with E-state index in [0.29, 0.717) is 5.75 Å². The van der Waals surface area contributed by atoms with E-state index in [2.05, 4.69) is 25.6 Å². The van der Waals surface area contributed by atoms with Crippen LogP contribution in [0.2, 0.25) is 0 Å². The Balaban J connectivity index is 2.47. The minimum atomic E-state index is 0.136. The van der Waals surface area contributed by atoms with Crippen molar-refractivity contribution < 1.29 is 4.79 Å². The van der Waals surface area contributed by atoms with Gasteiger partial charge in [-0.2, -0.15) is 12.6 Å². The third-order valence-electron chi connectivity index (χ3n) is 1.92. The van der Waals surface area contributed by atoms with Crippen LogP contribution >= 0.6 is 12.6 Å². The van der Waals surface area contributed by atoms with Crippen molar-refractivity contribution in [1.29, 1.82) is 0 Å². The lowest BCUT2D eigenvalue weighted by molar-refractivity contribution is -0.128. The van der Waals surface area contributed by atoms with Crippen LogP contribution < -0.4 is 0 Å². The molecule has 0 fully saturated rings. The highest BCUT2D eigenvalue weighted by Gasteiger charge is 2.13. The van der Waals surface area contributed by atoms with Crippen molar-refractivity contribution in [1.82, 2.24) is 4.90 Å². The summed E-state index contributed by atoms with van der Waals surface area (Å²) in [5, 5.41) is 0. The van der Waals surface area contributed by atoms with Crippen molar-refractivity contribution in [2.45, 2.75) is 13.3 Å². The summed E-state index contributed by atoms with van der Waals surface area (Å²) in [6.07, 6.45) is 3.12. The van der Waals surface area contributed by atoms with Crippen molar-refractivity contribution in [3.8, 4) is 0 Å². The summed E-state index contributed by atoms with van der Waals surface area (Å²) in [4.78, 5) is 12.9. The maximum atomic E-state index is 11.1. The molecule has 0 spiro atoms. The molecule has 11 heavy (non-hydrogen) atoms. The zero-order valence-corrected chi connectivity index (χ0v) is 7.60. The highest BCUT2D eigenvalue weighted by Crippen LogP contribution is 2.09. The Hall–Kier alpha value is -0.440.